The van der Waals surface area contributed by atoms with E-state index in [9.17, 15) is 24.3 Å². The zero-order chi connectivity index (χ0) is 31.0. The molecule has 2 unspecified atom stereocenters. The van der Waals surface area contributed by atoms with Crippen molar-refractivity contribution in [3.05, 3.63) is 29.3 Å². The van der Waals surface area contributed by atoms with Gasteiger partial charge in [0.05, 0.1) is 29.8 Å². The fraction of sp³-hybridized carbons (Fsp3) is 0.667. The maximum absolute atomic E-state index is 13.4. The molecule has 0 aromatic heterocycles. The number of carbonyl (C=O) groups excluding carboxylic acids is 4. The van der Waals surface area contributed by atoms with Crippen LogP contribution in [0, 0.1) is 5.92 Å². The molecule has 3 fully saturated rings. The summed E-state index contributed by atoms with van der Waals surface area (Å²) >= 11 is 0. The summed E-state index contributed by atoms with van der Waals surface area (Å²) in [4.78, 5) is 58.5. The molecule has 1 aromatic rings. The Kier molecular flexibility index (Phi) is 14.0. The van der Waals surface area contributed by atoms with Gasteiger partial charge in [-0.2, -0.15) is 0 Å². The molecule has 4 amide bonds. The van der Waals surface area contributed by atoms with Crippen LogP contribution >= 0.6 is 0 Å². The van der Waals surface area contributed by atoms with Crippen LogP contribution in [0.15, 0.2) is 18.2 Å². The Morgan fingerprint density at radius 3 is 2.28 bits per heavy atom. The van der Waals surface area contributed by atoms with Gasteiger partial charge in [-0.3, -0.25) is 24.1 Å². The zero-order valence-corrected chi connectivity index (χ0v) is 26.0. The number of anilines is 1. The van der Waals surface area contributed by atoms with Gasteiger partial charge in [-0.1, -0.05) is 13.8 Å². The summed E-state index contributed by atoms with van der Waals surface area (Å²) in [6.45, 7) is 10.2. The summed E-state index contributed by atoms with van der Waals surface area (Å²) in [5.74, 6) is -1.06. The SMILES string of the molecule is CC.CCO.COC[C@@H]1CN(C)CCN1C(=O)C1CCN(c2ccc3c(c2)C(=O)N(C2CCC(=O)NC2O)C3=O)CC1.O.[HH]. The van der Waals surface area contributed by atoms with Crippen LogP contribution < -0.4 is 10.2 Å². The molecule has 13 heteroatoms. The molecule has 5 N–H and O–H groups in total. The molecular weight excluding hydrogens is 558 g/mol. The van der Waals surface area contributed by atoms with E-state index in [0.29, 0.717) is 37.4 Å². The van der Waals surface area contributed by atoms with E-state index in [4.69, 9.17) is 9.84 Å². The summed E-state index contributed by atoms with van der Waals surface area (Å²) in [5, 5.41) is 20.2. The molecule has 3 saturated heterocycles. The van der Waals surface area contributed by atoms with E-state index in [1.54, 1.807) is 26.2 Å². The molecule has 1 aromatic carbocycles. The minimum Gasteiger partial charge on any atom is -0.412 e. The minimum absolute atomic E-state index is 0. The molecule has 4 aliphatic rings. The van der Waals surface area contributed by atoms with Crippen molar-refractivity contribution in [3.8, 4) is 0 Å². The van der Waals surface area contributed by atoms with Crippen molar-refractivity contribution in [2.75, 3.05) is 65.0 Å². The van der Waals surface area contributed by atoms with Crippen LogP contribution in [0.1, 0.15) is 68.6 Å². The largest absolute Gasteiger partial charge is 0.412 e. The van der Waals surface area contributed by atoms with Gasteiger partial charge in [0.2, 0.25) is 11.8 Å². The minimum atomic E-state index is -1.27. The number of ether oxygens (including phenoxy) is 1. The number of hydrogen-bond donors (Lipinski definition) is 3. The van der Waals surface area contributed by atoms with Crippen molar-refractivity contribution in [1.29, 1.82) is 0 Å². The lowest BCUT2D eigenvalue weighted by Gasteiger charge is -2.42. The number of aliphatic hydroxyl groups is 2. The summed E-state index contributed by atoms with van der Waals surface area (Å²) < 4.78 is 5.37. The summed E-state index contributed by atoms with van der Waals surface area (Å²) in [6.07, 6.45) is 0.534. The van der Waals surface area contributed by atoms with Gasteiger partial charge in [-0.15, -0.1) is 0 Å². The average molecular weight is 610 g/mol. The molecule has 4 heterocycles. The van der Waals surface area contributed by atoms with E-state index in [1.165, 1.54) is 0 Å². The van der Waals surface area contributed by atoms with E-state index in [2.05, 4.69) is 22.2 Å². The Morgan fingerprint density at radius 2 is 1.67 bits per heavy atom. The van der Waals surface area contributed by atoms with Gasteiger partial charge < -0.3 is 40.4 Å². The lowest BCUT2D eigenvalue weighted by Crippen LogP contribution is -2.57. The second-order valence-electron chi connectivity index (χ2n) is 10.8. The van der Waals surface area contributed by atoms with Gasteiger partial charge >= 0.3 is 0 Å². The van der Waals surface area contributed by atoms with E-state index in [1.807, 2.05) is 24.8 Å². The van der Waals surface area contributed by atoms with Crippen LogP contribution in [0.3, 0.4) is 0 Å². The van der Waals surface area contributed by atoms with Crippen LogP contribution in [0.25, 0.3) is 0 Å². The maximum Gasteiger partial charge on any atom is 0.262 e. The lowest BCUT2D eigenvalue weighted by atomic mass is 9.93. The van der Waals surface area contributed by atoms with Crippen molar-refractivity contribution < 1.29 is 41.0 Å². The number of piperazine rings is 1. The number of benzene rings is 1. The van der Waals surface area contributed by atoms with Crippen LogP contribution in [0.5, 0.6) is 0 Å². The fourth-order valence-corrected chi connectivity index (χ4v) is 6.04. The molecule has 0 aliphatic carbocycles. The molecule has 0 bridgehead atoms. The van der Waals surface area contributed by atoms with Gasteiger partial charge in [0, 0.05) is 65.9 Å². The van der Waals surface area contributed by atoms with Crippen LogP contribution in [-0.4, -0.2) is 132 Å². The molecular formula is C30H51N5O8. The number of carbonyl (C=O) groups is 4. The smallest absolute Gasteiger partial charge is 0.262 e. The Hall–Kier alpha value is -3.10. The van der Waals surface area contributed by atoms with Crippen LogP contribution in [0.2, 0.25) is 0 Å². The quantitative estimate of drug-likeness (QED) is 0.398. The highest BCUT2D eigenvalue weighted by Crippen LogP contribution is 2.33. The fourth-order valence-electron chi connectivity index (χ4n) is 6.04. The third-order valence-corrected chi connectivity index (χ3v) is 8.11. The standard InChI is InChI=1S/C26H35N5O6.C2H6O.C2H6.H2O.H2/c1-28-11-12-30(18(14-28)15-37-2)24(34)16-7-9-29(10-8-16)17-3-4-19-20(13-17)26(36)31(25(19)35)21-5-6-22(32)27-23(21)33;1-2-3;1-2;;/h3-4,13,16,18,21,23,33H,5-12,14-15H2,1-2H3,(H,27,32);3H,2H2,1H3;1-2H3;1H2;1H/t18-,21?,23?;;;;/m0..../s1. The predicted octanol–water partition coefficient (Wildman–Crippen LogP) is 0.331. The van der Waals surface area contributed by atoms with Gasteiger partial charge in [0.25, 0.3) is 11.8 Å². The molecule has 3 atom stereocenters. The molecule has 43 heavy (non-hydrogen) atoms. The van der Waals surface area contributed by atoms with Crippen molar-refractivity contribution in [3.63, 3.8) is 0 Å². The molecule has 13 nitrogen and oxygen atoms in total. The van der Waals surface area contributed by atoms with E-state index < -0.39 is 24.1 Å². The van der Waals surface area contributed by atoms with Crippen molar-refractivity contribution in [2.45, 2.75) is 64.8 Å². The van der Waals surface area contributed by atoms with Gasteiger partial charge in [0.1, 0.15) is 6.23 Å². The summed E-state index contributed by atoms with van der Waals surface area (Å²) in [6, 6.07) is 4.51. The first-order valence-electron chi connectivity index (χ1n) is 15.0. The molecule has 4 aliphatic heterocycles. The molecule has 5 rings (SSSR count). The van der Waals surface area contributed by atoms with Crippen molar-refractivity contribution in [2.24, 2.45) is 5.92 Å². The number of rotatable bonds is 5. The zero-order valence-electron chi connectivity index (χ0n) is 26.0. The number of hydrogen-bond acceptors (Lipinski definition) is 9. The van der Waals surface area contributed by atoms with Crippen LogP contribution in [0.4, 0.5) is 5.69 Å². The monoisotopic (exact) mass is 609 g/mol. The number of likely N-dealkylation sites (N-methyl/N-ethyl adjacent to an activating group) is 1. The second-order valence-corrected chi connectivity index (χ2v) is 10.8. The molecule has 0 spiro atoms. The molecule has 0 saturated carbocycles. The average Bonchev–Trinajstić information content (AvgIpc) is 3.23. The normalized spacial score (nSPS) is 24.2. The Bertz CT molecular complexity index is 1120. The molecule has 244 valence electrons. The van der Waals surface area contributed by atoms with Gasteiger partial charge in [-0.25, -0.2) is 0 Å². The predicted molar refractivity (Wildman–Crippen MR) is 164 cm³/mol. The lowest BCUT2D eigenvalue weighted by molar-refractivity contribution is -0.142. The number of fused-ring (bicyclic) bond motifs is 1. The summed E-state index contributed by atoms with van der Waals surface area (Å²) in [5.41, 5.74) is 1.45. The van der Waals surface area contributed by atoms with Gasteiger partial charge in [0.15, 0.2) is 0 Å². The first kappa shape index (κ1) is 36.1. The topological polar surface area (TPSA) is 174 Å². The van der Waals surface area contributed by atoms with E-state index in [0.717, 1.165) is 36.5 Å². The number of nitrogens with one attached hydrogen (secondary N) is 1. The van der Waals surface area contributed by atoms with Crippen molar-refractivity contribution in [1.82, 2.24) is 20.0 Å². The Balaban J connectivity index is 0.00000130. The number of piperidine rings is 2. The third-order valence-electron chi connectivity index (χ3n) is 8.11. The third kappa shape index (κ3) is 8.09. The molecule has 0 radical (unpaired) electrons. The van der Waals surface area contributed by atoms with Gasteiger partial charge in [-0.05, 0) is 51.4 Å². The number of aliphatic hydroxyl groups excluding tert-OH is 2. The number of imide groups is 1. The number of amides is 4. The highest BCUT2D eigenvalue weighted by molar-refractivity contribution is 6.22. The van der Waals surface area contributed by atoms with E-state index in [-0.39, 0.29) is 50.1 Å². The maximum atomic E-state index is 13.4. The summed E-state index contributed by atoms with van der Waals surface area (Å²) in [7, 11) is 3.73. The Morgan fingerprint density at radius 1 is 1.05 bits per heavy atom. The number of nitrogens with zero attached hydrogens (tertiary/aromatic N) is 4. The first-order chi connectivity index (χ1) is 20.2. The van der Waals surface area contributed by atoms with Crippen LogP contribution in [-0.2, 0) is 14.3 Å². The second kappa shape index (κ2) is 16.7. The number of methoxy groups -OCH3 is 1. The van der Waals surface area contributed by atoms with Crippen molar-refractivity contribution >= 4 is 29.3 Å². The van der Waals surface area contributed by atoms with E-state index >= 15 is 0 Å². The highest BCUT2D eigenvalue weighted by Gasteiger charge is 2.44. The Labute approximate surface area is 255 Å². The first-order valence-corrected chi connectivity index (χ1v) is 15.0. The highest BCUT2D eigenvalue weighted by atomic mass is 16.5.